The average Bonchev–Trinajstić information content (AvgIpc) is 2.99. The molecular weight excluding hydrogens is 398 g/mol. The standard InChI is InChI=1S/C18H18BrN5O2/c1-12-16(24-8-3-2-6-15(24)22-12)17(25)23-7-4-5-14(11-23)26-18-20-9-13(19)10-21-18/h2-3,6,8-10,14H,4-5,7,11H2,1H3. The summed E-state index contributed by atoms with van der Waals surface area (Å²) in [4.78, 5) is 27.7. The summed E-state index contributed by atoms with van der Waals surface area (Å²) < 4.78 is 8.51. The number of carbonyl (C=O) groups is 1. The van der Waals surface area contributed by atoms with E-state index in [2.05, 4.69) is 30.9 Å². The van der Waals surface area contributed by atoms with Crippen LogP contribution in [0.15, 0.2) is 41.3 Å². The van der Waals surface area contributed by atoms with Crippen molar-refractivity contribution < 1.29 is 9.53 Å². The zero-order chi connectivity index (χ0) is 18.1. The van der Waals surface area contributed by atoms with Gasteiger partial charge in [-0.1, -0.05) is 6.07 Å². The number of aromatic nitrogens is 4. The summed E-state index contributed by atoms with van der Waals surface area (Å²) in [6.07, 6.45) is 6.80. The highest BCUT2D eigenvalue weighted by Gasteiger charge is 2.29. The fraction of sp³-hybridized carbons (Fsp3) is 0.333. The third-order valence-corrected chi connectivity index (χ3v) is 4.85. The Morgan fingerprint density at radius 1 is 1.31 bits per heavy atom. The summed E-state index contributed by atoms with van der Waals surface area (Å²) in [6, 6.07) is 6.05. The zero-order valence-corrected chi connectivity index (χ0v) is 15.9. The van der Waals surface area contributed by atoms with Crippen molar-refractivity contribution in [3.63, 3.8) is 0 Å². The van der Waals surface area contributed by atoms with Crippen LogP contribution in [-0.2, 0) is 0 Å². The van der Waals surface area contributed by atoms with Crippen LogP contribution < -0.4 is 4.74 Å². The molecule has 3 aromatic heterocycles. The largest absolute Gasteiger partial charge is 0.458 e. The topological polar surface area (TPSA) is 72.6 Å². The zero-order valence-electron chi connectivity index (χ0n) is 14.3. The first-order valence-corrected chi connectivity index (χ1v) is 9.28. The Labute approximate surface area is 159 Å². The van der Waals surface area contributed by atoms with Gasteiger partial charge in [0.25, 0.3) is 5.91 Å². The van der Waals surface area contributed by atoms with Gasteiger partial charge in [-0.2, -0.15) is 0 Å². The van der Waals surface area contributed by atoms with E-state index in [1.807, 2.05) is 40.6 Å². The van der Waals surface area contributed by atoms with E-state index in [0.29, 0.717) is 24.8 Å². The van der Waals surface area contributed by atoms with E-state index in [0.717, 1.165) is 28.7 Å². The van der Waals surface area contributed by atoms with E-state index in [9.17, 15) is 4.79 Å². The smallest absolute Gasteiger partial charge is 0.316 e. The number of nitrogens with zero attached hydrogens (tertiary/aromatic N) is 5. The number of pyridine rings is 1. The monoisotopic (exact) mass is 415 g/mol. The Kier molecular flexibility index (Phi) is 4.58. The molecule has 1 aliphatic heterocycles. The van der Waals surface area contributed by atoms with Gasteiger partial charge in [0.2, 0.25) is 0 Å². The van der Waals surface area contributed by atoms with Crippen molar-refractivity contribution in [2.45, 2.75) is 25.9 Å². The normalized spacial score (nSPS) is 17.5. The second-order valence-corrected chi connectivity index (χ2v) is 7.21. The van der Waals surface area contributed by atoms with Gasteiger partial charge in [-0.25, -0.2) is 15.0 Å². The van der Waals surface area contributed by atoms with Gasteiger partial charge in [0.05, 0.1) is 16.7 Å². The maximum atomic E-state index is 13.1. The molecule has 4 rings (SSSR count). The molecule has 1 aliphatic rings. The molecule has 1 atom stereocenters. The van der Waals surface area contributed by atoms with Gasteiger partial charge in [0.15, 0.2) is 0 Å². The molecule has 26 heavy (non-hydrogen) atoms. The lowest BCUT2D eigenvalue weighted by Gasteiger charge is -2.32. The highest BCUT2D eigenvalue weighted by atomic mass is 79.9. The number of ether oxygens (including phenoxy) is 1. The van der Waals surface area contributed by atoms with Crippen LogP contribution in [-0.4, -0.2) is 49.4 Å². The minimum absolute atomic E-state index is 0.0220. The highest BCUT2D eigenvalue weighted by molar-refractivity contribution is 9.10. The Hall–Kier alpha value is -2.48. The highest BCUT2D eigenvalue weighted by Crippen LogP contribution is 2.20. The number of imidazole rings is 1. The van der Waals surface area contributed by atoms with Gasteiger partial charge < -0.3 is 9.64 Å². The van der Waals surface area contributed by atoms with Crippen molar-refractivity contribution in [2.75, 3.05) is 13.1 Å². The Morgan fingerprint density at radius 2 is 2.12 bits per heavy atom. The van der Waals surface area contributed by atoms with Crippen LogP contribution in [0.4, 0.5) is 0 Å². The van der Waals surface area contributed by atoms with Crippen molar-refractivity contribution in [3.05, 3.63) is 52.7 Å². The second-order valence-electron chi connectivity index (χ2n) is 6.29. The Balaban J connectivity index is 1.52. The van der Waals surface area contributed by atoms with Crippen LogP contribution in [0.1, 0.15) is 29.0 Å². The van der Waals surface area contributed by atoms with Crippen LogP contribution in [0.3, 0.4) is 0 Å². The maximum Gasteiger partial charge on any atom is 0.316 e. The lowest BCUT2D eigenvalue weighted by atomic mass is 10.1. The number of hydrogen-bond donors (Lipinski definition) is 0. The number of carbonyl (C=O) groups excluding carboxylic acids is 1. The minimum Gasteiger partial charge on any atom is -0.458 e. The SMILES string of the molecule is Cc1nc2ccccn2c1C(=O)N1CCCC(Oc2ncc(Br)cn2)C1. The molecule has 1 unspecified atom stereocenters. The molecule has 0 aromatic carbocycles. The molecule has 3 aromatic rings. The lowest BCUT2D eigenvalue weighted by Crippen LogP contribution is -2.45. The molecule has 1 fully saturated rings. The molecule has 7 nitrogen and oxygen atoms in total. The Morgan fingerprint density at radius 3 is 2.92 bits per heavy atom. The molecule has 0 spiro atoms. The van der Waals surface area contributed by atoms with E-state index < -0.39 is 0 Å². The van der Waals surface area contributed by atoms with E-state index in [1.165, 1.54) is 0 Å². The predicted octanol–water partition coefficient (Wildman–Crippen LogP) is 2.88. The van der Waals surface area contributed by atoms with Gasteiger partial charge in [0, 0.05) is 25.1 Å². The summed E-state index contributed by atoms with van der Waals surface area (Å²) >= 11 is 3.31. The van der Waals surface area contributed by atoms with E-state index in [1.54, 1.807) is 12.4 Å². The molecule has 1 amide bonds. The van der Waals surface area contributed by atoms with Crippen molar-refractivity contribution in [1.82, 2.24) is 24.3 Å². The number of rotatable bonds is 3. The number of hydrogen-bond acceptors (Lipinski definition) is 5. The van der Waals surface area contributed by atoms with Crippen LogP contribution in [0.5, 0.6) is 6.01 Å². The van der Waals surface area contributed by atoms with Crippen molar-refractivity contribution in [2.24, 2.45) is 0 Å². The van der Waals surface area contributed by atoms with Gasteiger partial charge in [-0.3, -0.25) is 9.20 Å². The quantitative estimate of drug-likeness (QED) is 0.657. The molecule has 0 radical (unpaired) electrons. The molecule has 0 aliphatic carbocycles. The van der Waals surface area contributed by atoms with E-state index in [4.69, 9.17) is 4.74 Å². The van der Waals surface area contributed by atoms with Crippen molar-refractivity contribution in [3.8, 4) is 6.01 Å². The fourth-order valence-electron chi connectivity index (χ4n) is 3.25. The third-order valence-electron chi connectivity index (χ3n) is 4.44. The van der Waals surface area contributed by atoms with Gasteiger partial charge in [-0.05, 0) is 47.8 Å². The molecule has 4 heterocycles. The molecule has 0 bridgehead atoms. The molecule has 1 saturated heterocycles. The number of fused-ring (bicyclic) bond motifs is 1. The summed E-state index contributed by atoms with van der Waals surface area (Å²) in [5.41, 5.74) is 2.13. The molecule has 134 valence electrons. The van der Waals surface area contributed by atoms with Crippen molar-refractivity contribution >= 4 is 27.5 Å². The van der Waals surface area contributed by atoms with Crippen molar-refractivity contribution in [1.29, 1.82) is 0 Å². The molecule has 0 saturated carbocycles. The molecule has 0 N–H and O–H groups in total. The molecular formula is C18H18BrN5O2. The first-order valence-electron chi connectivity index (χ1n) is 8.49. The first-order chi connectivity index (χ1) is 12.6. The third kappa shape index (κ3) is 3.29. The molecule has 8 heteroatoms. The Bertz CT molecular complexity index is 940. The average molecular weight is 416 g/mol. The number of aryl methyl sites for hydroxylation is 1. The first kappa shape index (κ1) is 17.0. The van der Waals surface area contributed by atoms with Crippen LogP contribution in [0, 0.1) is 6.92 Å². The summed E-state index contributed by atoms with van der Waals surface area (Å²) in [6.45, 7) is 3.09. The predicted molar refractivity (Wildman–Crippen MR) is 99.2 cm³/mol. The van der Waals surface area contributed by atoms with Gasteiger partial charge >= 0.3 is 6.01 Å². The maximum absolute atomic E-state index is 13.1. The lowest BCUT2D eigenvalue weighted by molar-refractivity contribution is 0.0509. The van der Waals surface area contributed by atoms with Crippen LogP contribution >= 0.6 is 15.9 Å². The minimum atomic E-state index is -0.117. The van der Waals surface area contributed by atoms with E-state index >= 15 is 0 Å². The van der Waals surface area contributed by atoms with E-state index in [-0.39, 0.29) is 12.0 Å². The summed E-state index contributed by atoms with van der Waals surface area (Å²) in [5.74, 6) is -0.0220. The number of halogens is 1. The summed E-state index contributed by atoms with van der Waals surface area (Å²) in [7, 11) is 0. The van der Waals surface area contributed by atoms with Crippen LogP contribution in [0.2, 0.25) is 0 Å². The number of likely N-dealkylation sites (tertiary alicyclic amines) is 1. The van der Waals surface area contributed by atoms with Gasteiger partial charge in [0.1, 0.15) is 17.4 Å². The fourth-order valence-corrected chi connectivity index (χ4v) is 3.45. The number of amides is 1. The second kappa shape index (κ2) is 7.03. The number of piperidine rings is 1. The summed E-state index contributed by atoms with van der Waals surface area (Å²) in [5, 5.41) is 0. The van der Waals surface area contributed by atoms with Gasteiger partial charge in [-0.15, -0.1) is 0 Å². The van der Waals surface area contributed by atoms with Crippen LogP contribution in [0.25, 0.3) is 5.65 Å².